The number of thiophene rings is 1. The van der Waals surface area contributed by atoms with Gasteiger partial charge in [-0.25, -0.2) is 0 Å². The molecule has 3 aromatic heterocycles. The average molecular weight is 824 g/mol. The van der Waals surface area contributed by atoms with E-state index in [1.807, 2.05) is 23.7 Å². The Kier molecular flexibility index (Phi) is 6.26. The maximum atomic E-state index is 5.07. The number of aromatic nitrogens is 2. The number of pyridine rings is 2. The molecule has 0 radical (unpaired) electrons. The lowest BCUT2D eigenvalue weighted by Gasteiger charge is -2.43. The van der Waals surface area contributed by atoms with E-state index >= 15 is 0 Å². The molecule has 4 heteroatoms. The van der Waals surface area contributed by atoms with E-state index in [0.29, 0.717) is 0 Å². The van der Waals surface area contributed by atoms with Crippen molar-refractivity contribution >= 4 is 59.3 Å². The van der Waals surface area contributed by atoms with Crippen molar-refractivity contribution in [2.45, 2.75) is 56.8 Å². The van der Waals surface area contributed by atoms with Gasteiger partial charge in [-0.3, -0.25) is 9.97 Å². The van der Waals surface area contributed by atoms with Gasteiger partial charge in [-0.15, -0.1) is 11.3 Å². The second kappa shape index (κ2) is 11.4. The van der Waals surface area contributed by atoms with Gasteiger partial charge in [-0.05, 0) is 132 Å². The molecule has 1 spiro atoms. The second-order valence-corrected chi connectivity index (χ2v) is 20.5. The Bertz CT molecular complexity index is 3720. The molecule has 0 fully saturated rings. The Morgan fingerprint density at radius 2 is 1.10 bits per heavy atom. The first kappa shape index (κ1) is 34.7. The molecule has 10 aromatic rings. The summed E-state index contributed by atoms with van der Waals surface area (Å²) in [4.78, 5) is 12.8. The van der Waals surface area contributed by atoms with Crippen molar-refractivity contribution in [3.8, 4) is 33.6 Å². The predicted molar refractivity (Wildman–Crippen MR) is 261 cm³/mol. The monoisotopic (exact) mass is 823 g/mol. The Morgan fingerprint density at radius 1 is 0.444 bits per heavy atom. The minimum absolute atomic E-state index is 0.118. The van der Waals surface area contributed by atoms with Crippen molar-refractivity contribution < 1.29 is 0 Å². The number of para-hydroxylation sites is 1. The SMILES string of the molecule is CC1(C)c2ccccc2-c2cc3c(cc21)N(c1cccc2c1sc1c4c(ccc12)C1(c2cccnc2-c2ncccc21)c1ccc2c5c(ccc-4c15)CC2)c1ccccc1C3(C)C. The zero-order valence-corrected chi connectivity index (χ0v) is 36.4. The number of rotatable bonds is 1. The molecule has 0 N–H and O–H groups in total. The predicted octanol–water partition coefficient (Wildman–Crippen LogP) is 14.9. The van der Waals surface area contributed by atoms with Gasteiger partial charge in [0.05, 0.1) is 38.6 Å². The van der Waals surface area contributed by atoms with Gasteiger partial charge in [0.25, 0.3) is 0 Å². The van der Waals surface area contributed by atoms with Crippen molar-refractivity contribution in [2.24, 2.45) is 0 Å². The van der Waals surface area contributed by atoms with Crippen molar-refractivity contribution in [1.29, 1.82) is 0 Å². The van der Waals surface area contributed by atoms with E-state index in [1.54, 1.807) is 0 Å². The van der Waals surface area contributed by atoms with Gasteiger partial charge in [0, 0.05) is 44.3 Å². The lowest BCUT2D eigenvalue weighted by Crippen LogP contribution is -2.32. The molecule has 63 heavy (non-hydrogen) atoms. The number of nitrogens with zero attached hydrogens (tertiary/aromatic N) is 3. The molecule has 0 amide bonds. The third-order valence-electron chi connectivity index (χ3n) is 16.0. The lowest BCUT2D eigenvalue weighted by molar-refractivity contribution is 0.627. The van der Waals surface area contributed by atoms with Crippen LogP contribution in [0, 0.1) is 0 Å². The molecule has 0 saturated heterocycles. The van der Waals surface area contributed by atoms with Crippen molar-refractivity contribution in [1.82, 2.24) is 9.97 Å². The van der Waals surface area contributed by atoms with Crippen LogP contribution in [0.2, 0.25) is 0 Å². The Balaban J connectivity index is 1.05. The molecule has 1 aliphatic heterocycles. The highest BCUT2D eigenvalue weighted by Gasteiger charge is 2.52. The first-order valence-electron chi connectivity index (χ1n) is 22.4. The zero-order valence-electron chi connectivity index (χ0n) is 35.6. The van der Waals surface area contributed by atoms with Gasteiger partial charge in [-0.2, -0.15) is 0 Å². The van der Waals surface area contributed by atoms with Gasteiger partial charge in [0.15, 0.2) is 0 Å². The van der Waals surface area contributed by atoms with Crippen LogP contribution in [0.4, 0.5) is 17.1 Å². The van der Waals surface area contributed by atoms with Gasteiger partial charge in [0.2, 0.25) is 0 Å². The van der Waals surface area contributed by atoms with Crippen LogP contribution >= 0.6 is 11.3 Å². The van der Waals surface area contributed by atoms with Crippen LogP contribution < -0.4 is 4.90 Å². The molecule has 4 heterocycles. The van der Waals surface area contributed by atoms with E-state index in [4.69, 9.17) is 9.97 Å². The van der Waals surface area contributed by atoms with Crippen LogP contribution in [-0.4, -0.2) is 9.97 Å². The molecule has 3 nitrogen and oxygen atoms in total. The van der Waals surface area contributed by atoms with Gasteiger partial charge >= 0.3 is 0 Å². The third-order valence-corrected chi connectivity index (χ3v) is 17.3. The quantitative estimate of drug-likeness (QED) is 0.165. The summed E-state index contributed by atoms with van der Waals surface area (Å²) >= 11 is 1.98. The molecular formula is C59H41N3S. The summed E-state index contributed by atoms with van der Waals surface area (Å²) in [6.07, 6.45) is 6.04. The highest BCUT2D eigenvalue weighted by atomic mass is 32.1. The first-order valence-corrected chi connectivity index (χ1v) is 23.3. The van der Waals surface area contributed by atoms with Gasteiger partial charge in [-0.1, -0.05) is 131 Å². The van der Waals surface area contributed by atoms with E-state index in [0.717, 1.165) is 24.2 Å². The molecule has 0 atom stereocenters. The number of anilines is 3. The smallest absolute Gasteiger partial charge is 0.0937 e. The molecule has 0 saturated carbocycles. The molecule has 298 valence electrons. The van der Waals surface area contributed by atoms with Crippen LogP contribution in [0.15, 0.2) is 152 Å². The van der Waals surface area contributed by atoms with Crippen LogP contribution in [-0.2, 0) is 29.1 Å². The minimum Gasteiger partial charge on any atom is -0.308 e. The summed E-state index contributed by atoms with van der Waals surface area (Å²) in [5, 5.41) is 5.47. The molecular weight excluding hydrogens is 783 g/mol. The summed E-state index contributed by atoms with van der Waals surface area (Å²) in [5.74, 6) is 0. The van der Waals surface area contributed by atoms with Crippen LogP contribution in [0.3, 0.4) is 0 Å². The number of benzene rings is 7. The summed E-state index contributed by atoms with van der Waals surface area (Å²) in [6, 6.07) is 53.8. The van der Waals surface area contributed by atoms with Crippen molar-refractivity contribution in [3.63, 3.8) is 0 Å². The minimum atomic E-state index is -0.552. The summed E-state index contributed by atoms with van der Waals surface area (Å²) in [7, 11) is 0. The molecule has 7 aromatic carbocycles. The molecule has 0 bridgehead atoms. The fourth-order valence-electron chi connectivity index (χ4n) is 13.3. The average Bonchev–Trinajstić information content (AvgIpc) is 4.05. The van der Waals surface area contributed by atoms with E-state index < -0.39 is 5.41 Å². The largest absolute Gasteiger partial charge is 0.308 e. The first-order chi connectivity index (χ1) is 30.8. The highest BCUT2D eigenvalue weighted by Crippen LogP contribution is 2.64. The Morgan fingerprint density at radius 3 is 1.89 bits per heavy atom. The molecule has 4 aliphatic carbocycles. The second-order valence-electron chi connectivity index (χ2n) is 19.5. The van der Waals surface area contributed by atoms with Crippen LogP contribution in [0.5, 0.6) is 0 Å². The topological polar surface area (TPSA) is 29.0 Å². The van der Waals surface area contributed by atoms with E-state index in [-0.39, 0.29) is 10.8 Å². The maximum absolute atomic E-state index is 5.07. The van der Waals surface area contributed by atoms with Crippen LogP contribution in [0.25, 0.3) is 64.6 Å². The van der Waals surface area contributed by atoms with Crippen molar-refractivity contribution in [2.75, 3.05) is 4.90 Å². The van der Waals surface area contributed by atoms with Gasteiger partial charge < -0.3 is 4.90 Å². The molecule has 0 unspecified atom stereocenters. The number of fused-ring (bicyclic) bond motifs is 18. The van der Waals surface area contributed by atoms with E-state index in [9.17, 15) is 0 Å². The Hall–Kier alpha value is -6.88. The number of hydrogen-bond acceptors (Lipinski definition) is 4. The summed E-state index contributed by atoms with van der Waals surface area (Å²) in [6.45, 7) is 9.63. The van der Waals surface area contributed by atoms with Crippen molar-refractivity contribution in [3.05, 3.63) is 208 Å². The summed E-state index contributed by atoms with van der Waals surface area (Å²) < 4.78 is 2.66. The standard InChI is InChI=1S/C59H41N3S/c1-57(2)39-14-6-5-12-34(39)38-30-46-49(31-45(38)57)62(47-18-8-7-15-40(47)58(46,3)4)48-19-9-13-35-36-25-27-42-52(56(36)63-55(35)48)37-24-22-32-20-21-33-23-26-41(51(37)50(32)33)59(42)43-16-10-28-60-53(43)54-44(59)17-11-29-61-54/h5-19,22-31H,20-21H2,1-4H3. The fourth-order valence-corrected chi connectivity index (χ4v) is 14.6. The zero-order chi connectivity index (χ0) is 41.7. The fraction of sp³-hybridized carbons (Fsp3) is 0.153. The van der Waals surface area contributed by atoms with Gasteiger partial charge in [0.1, 0.15) is 0 Å². The number of hydrogen-bond donors (Lipinski definition) is 0. The lowest BCUT2D eigenvalue weighted by atomic mass is 9.61. The third kappa shape index (κ3) is 3.92. The molecule has 15 rings (SSSR count). The normalized spacial score (nSPS) is 16.8. The number of aryl methyl sites for hydroxylation is 2. The highest BCUT2D eigenvalue weighted by molar-refractivity contribution is 7.27. The maximum Gasteiger partial charge on any atom is 0.0937 e. The summed E-state index contributed by atoms with van der Waals surface area (Å²) in [5.41, 5.74) is 23.9. The van der Waals surface area contributed by atoms with Crippen LogP contribution in [0.1, 0.15) is 83.3 Å². The van der Waals surface area contributed by atoms with E-state index in [1.165, 1.54) is 126 Å². The Labute approximate surface area is 370 Å². The van der Waals surface area contributed by atoms with E-state index in [2.05, 4.69) is 172 Å². The molecule has 5 aliphatic rings.